The van der Waals surface area contributed by atoms with E-state index in [0.717, 1.165) is 36.3 Å². The van der Waals surface area contributed by atoms with Gasteiger partial charge in [-0.1, -0.05) is 36.8 Å². The smallest absolute Gasteiger partial charge is 0.191 e. The molecular weight excluding hydrogens is 340 g/mol. The number of hydrazone groups is 1. The van der Waals surface area contributed by atoms with Crippen LogP contribution in [0.25, 0.3) is 0 Å². The highest BCUT2D eigenvalue weighted by atomic mass is 32.1. The molecule has 2 aromatic carbocycles. The van der Waals surface area contributed by atoms with Crippen LogP contribution < -0.4 is 15.6 Å². The van der Waals surface area contributed by atoms with Crippen molar-refractivity contribution in [1.82, 2.24) is 5.43 Å². The third kappa shape index (κ3) is 5.85. The summed E-state index contributed by atoms with van der Waals surface area (Å²) >= 11 is 5.30. The van der Waals surface area contributed by atoms with Gasteiger partial charge in [0.2, 0.25) is 0 Å². The number of benzene rings is 2. The van der Waals surface area contributed by atoms with Gasteiger partial charge in [-0.3, -0.25) is 5.43 Å². The van der Waals surface area contributed by atoms with Gasteiger partial charge >= 0.3 is 0 Å². The molecule has 0 saturated carbocycles. The second-order valence-electron chi connectivity index (χ2n) is 6.31. The van der Waals surface area contributed by atoms with Gasteiger partial charge in [0.05, 0.1) is 6.21 Å². The van der Waals surface area contributed by atoms with E-state index < -0.39 is 0 Å². The topological polar surface area (TPSA) is 39.7 Å². The second-order valence-corrected chi connectivity index (χ2v) is 6.72. The van der Waals surface area contributed by atoms with Crippen molar-refractivity contribution in [2.75, 3.05) is 23.3 Å². The van der Waals surface area contributed by atoms with Crippen molar-refractivity contribution >= 4 is 34.9 Å². The number of rotatable bonds is 7. The quantitative estimate of drug-likeness (QED) is 0.416. The van der Waals surface area contributed by atoms with Gasteiger partial charge in [0.1, 0.15) is 0 Å². The van der Waals surface area contributed by atoms with E-state index in [1.807, 2.05) is 6.07 Å². The predicted octanol–water partition coefficient (Wildman–Crippen LogP) is 4.86. The molecule has 0 bridgehead atoms. The van der Waals surface area contributed by atoms with E-state index in [4.69, 9.17) is 12.2 Å². The Kier molecular flexibility index (Phi) is 7.60. The minimum atomic E-state index is 0.477. The minimum absolute atomic E-state index is 0.477. The molecule has 138 valence electrons. The van der Waals surface area contributed by atoms with Gasteiger partial charge < -0.3 is 10.2 Å². The monoisotopic (exact) mass is 368 g/mol. The minimum Gasteiger partial charge on any atom is -0.372 e. The Morgan fingerprint density at radius 2 is 1.85 bits per heavy atom. The maximum Gasteiger partial charge on any atom is 0.191 e. The fourth-order valence-corrected chi connectivity index (χ4v) is 2.94. The summed E-state index contributed by atoms with van der Waals surface area (Å²) in [6.07, 6.45) is 2.92. The molecular formula is C21H28N4S. The van der Waals surface area contributed by atoms with Crippen LogP contribution in [0.2, 0.25) is 0 Å². The number of anilines is 2. The molecule has 0 saturated heterocycles. The van der Waals surface area contributed by atoms with Crippen LogP contribution in [0.15, 0.2) is 47.6 Å². The summed E-state index contributed by atoms with van der Waals surface area (Å²) in [4.78, 5) is 2.36. The zero-order valence-corrected chi connectivity index (χ0v) is 16.9. The van der Waals surface area contributed by atoms with Crippen molar-refractivity contribution in [3.05, 3.63) is 59.2 Å². The van der Waals surface area contributed by atoms with Crippen molar-refractivity contribution in [2.45, 2.75) is 34.1 Å². The van der Waals surface area contributed by atoms with E-state index in [9.17, 15) is 0 Å². The van der Waals surface area contributed by atoms with E-state index in [1.165, 1.54) is 11.3 Å². The first-order valence-corrected chi connectivity index (χ1v) is 9.46. The molecule has 26 heavy (non-hydrogen) atoms. The number of nitrogens with zero attached hydrogens (tertiary/aromatic N) is 2. The number of hydrogen-bond acceptors (Lipinski definition) is 3. The molecule has 2 N–H and O–H groups in total. The summed E-state index contributed by atoms with van der Waals surface area (Å²) in [7, 11) is 0. The summed E-state index contributed by atoms with van der Waals surface area (Å²) in [6.45, 7) is 10.6. The summed E-state index contributed by atoms with van der Waals surface area (Å²) in [5.41, 5.74) is 8.52. The van der Waals surface area contributed by atoms with Crippen LogP contribution in [0.1, 0.15) is 37.0 Å². The van der Waals surface area contributed by atoms with Gasteiger partial charge in [0, 0.05) is 24.5 Å². The summed E-state index contributed by atoms with van der Waals surface area (Å²) in [5.74, 6) is 0. The lowest BCUT2D eigenvalue weighted by Crippen LogP contribution is -2.24. The number of hydrogen-bond donors (Lipinski definition) is 2. The SMILES string of the molecule is CCCN(CC)c1ccc(C=NNC(=S)Nc2ccc(C)cc2C)cc1. The molecule has 0 fully saturated rings. The molecule has 0 aliphatic carbocycles. The third-order valence-electron chi connectivity index (χ3n) is 4.14. The van der Waals surface area contributed by atoms with Crippen LogP contribution in [0, 0.1) is 13.8 Å². The van der Waals surface area contributed by atoms with Crippen molar-refractivity contribution in [2.24, 2.45) is 5.10 Å². The van der Waals surface area contributed by atoms with Crippen LogP contribution in [0.4, 0.5) is 11.4 Å². The molecule has 0 atom stereocenters. The lowest BCUT2D eigenvalue weighted by molar-refractivity contribution is 0.792. The molecule has 5 heteroatoms. The van der Waals surface area contributed by atoms with Gasteiger partial charge in [-0.05, 0) is 68.7 Å². The van der Waals surface area contributed by atoms with E-state index in [-0.39, 0.29) is 0 Å². The standard InChI is InChI=1S/C21H28N4S/c1-5-13-25(6-2)19-10-8-18(9-11-19)15-22-24-21(26)23-20-12-7-16(3)14-17(20)4/h7-12,14-15H,5-6,13H2,1-4H3,(H2,23,24,26). The van der Waals surface area contributed by atoms with Crippen LogP contribution in [0.3, 0.4) is 0 Å². The summed E-state index contributed by atoms with van der Waals surface area (Å²) < 4.78 is 0. The molecule has 0 heterocycles. The zero-order valence-electron chi connectivity index (χ0n) is 16.0. The molecule has 0 unspecified atom stereocenters. The molecule has 0 spiro atoms. The highest BCUT2D eigenvalue weighted by Gasteiger charge is 2.02. The highest BCUT2D eigenvalue weighted by molar-refractivity contribution is 7.80. The Hall–Kier alpha value is -2.40. The molecule has 0 radical (unpaired) electrons. The van der Waals surface area contributed by atoms with Crippen LogP contribution in [0.5, 0.6) is 0 Å². The Morgan fingerprint density at radius 3 is 2.46 bits per heavy atom. The van der Waals surface area contributed by atoms with Crippen LogP contribution in [-0.4, -0.2) is 24.4 Å². The van der Waals surface area contributed by atoms with E-state index in [1.54, 1.807) is 6.21 Å². The van der Waals surface area contributed by atoms with E-state index >= 15 is 0 Å². The van der Waals surface area contributed by atoms with Crippen molar-refractivity contribution < 1.29 is 0 Å². The van der Waals surface area contributed by atoms with Crippen LogP contribution in [-0.2, 0) is 0 Å². The molecule has 2 rings (SSSR count). The third-order valence-corrected chi connectivity index (χ3v) is 4.34. The van der Waals surface area contributed by atoms with Crippen molar-refractivity contribution in [3.63, 3.8) is 0 Å². The first kappa shape index (κ1) is 19.9. The molecule has 2 aromatic rings. The average molecular weight is 369 g/mol. The summed E-state index contributed by atoms with van der Waals surface area (Å²) in [6, 6.07) is 14.6. The predicted molar refractivity (Wildman–Crippen MR) is 117 cm³/mol. The van der Waals surface area contributed by atoms with Gasteiger partial charge in [-0.25, -0.2) is 0 Å². The van der Waals surface area contributed by atoms with E-state index in [0.29, 0.717) is 5.11 Å². The number of thiocarbonyl (C=S) groups is 1. The fraction of sp³-hybridized carbons (Fsp3) is 0.333. The van der Waals surface area contributed by atoms with Crippen molar-refractivity contribution in [3.8, 4) is 0 Å². The average Bonchev–Trinajstić information content (AvgIpc) is 2.63. The molecule has 0 amide bonds. The van der Waals surface area contributed by atoms with Gasteiger partial charge in [-0.15, -0.1) is 0 Å². The Bertz CT molecular complexity index is 753. The Labute approximate surface area is 162 Å². The molecule has 4 nitrogen and oxygen atoms in total. The second kappa shape index (κ2) is 9.92. The molecule has 0 aromatic heterocycles. The Morgan fingerprint density at radius 1 is 1.12 bits per heavy atom. The Balaban J connectivity index is 1.90. The largest absolute Gasteiger partial charge is 0.372 e. The van der Waals surface area contributed by atoms with Gasteiger partial charge in [0.25, 0.3) is 0 Å². The van der Waals surface area contributed by atoms with Crippen LogP contribution >= 0.6 is 12.2 Å². The number of nitrogens with one attached hydrogen (secondary N) is 2. The summed E-state index contributed by atoms with van der Waals surface area (Å²) in [5, 5.41) is 7.87. The maximum atomic E-state index is 5.30. The van der Waals surface area contributed by atoms with E-state index in [2.05, 4.69) is 84.8 Å². The molecule has 0 aliphatic heterocycles. The normalized spacial score (nSPS) is 10.8. The van der Waals surface area contributed by atoms with Gasteiger partial charge in [0.15, 0.2) is 5.11 Å². The highest BCUT2D eigenvalue weighted by Crippen LogP contribution is 2.16. The first-order valence-electron chi connectivity index (χ1n) is 9.05. The number of aryl methyl sites for hydroxylation is 2. The van der Waals surface area contributed by atoms with Gasteiger partial charge in [-0.2, -0.15) is 5.10 Å². The zero-order chi connectivity index (χ0) is 18.9. The lowest BCUT2D eigenvalue weighted by atomic mass is 10.1. The first-order chi connectivity index (χ1) is 12.5. The fourth-order valence-electron chi connectivity index (χ4n) is 2.78. The maximum absolute atomic E-state index is 5.30. The molecule has 0 aliphatic rings. The van der Waals surface area contributed by atoms with Crippen molar-refractivity contribution in [1.29, 1.82) is 0 Å². The lowest BCUT2D eigenvalue weighted by Gasteiger charge is -2.22.